The van der Waals surface area contributed by atoms with Gasteiger partial charge >= 0.3 is 0 Å². The molecule has 28 heavy (non-hydrogen) atoms. The van der Waals surface area contributed by atoms with Crippen molar-refractivity contribution in [1.29, 1.82) is 0 Å². The fourth-order valence-electron chi connectivity index (χ4n) is 4.39. The number of piperidine rings is 1. The summed E-state index contributed by atoms with van der Waals surface area (Å²) in [5, 5.41) is 6.74. The van der Waals surface area contributed by atoms with Gasteiger partial charge in [-0.1, -0.05) is 49.4 Å². The van der Waals surface area contributed by atoms with Crippen molar-refractivity contribution in [2.24, 2.45) is 5.92 Å². The molecule has 3 aromatic rings. The lowest BCUT2D eigenvalue weighted by molar-refractivity contribution is 0.0813. The Morgan fingerprint density at radius 2 is 2.00 bits per heavy atom. The topological polar surface area (TPSA) is 38.1 Å². The Balaban J connectivity index is 1.50. The molecule has 0 aliphatic carbocycles. The fourth-order valence-corrected chi connectivity index (χ4v) is 4.39. The highest BCUT2D eigenvalue weighted by atomic mass is 16.1. The number of hydrogen-bond acceptors (Lipinski definition) is 3. The van der Waals surface area contributed by atoms with Crippen LogP contribution in [0, 0.1) is 12.8 Å². The number of ketones is 1. The SMILES string of the molecule is CCCn1ncc(CN2CCC[C@@H](C(=O)c3cccc4ccccc34)C2)c1C. The van der Waals surface area contributed by atoms with Crippen molar-refractivity contribution in [3.63, 3.8) is 0 Å². The number of fused-ring (bicyclic) bond motifs is 1. The molecule has 0 N–H and O–H groups in total. The van der Waals surface area contributed by atoms with E-state index >= 15 is 0 Å². The first kappa shape index (κ1) is 18.9. The van der Waals surface area contributed by atoms with E-state index in [0.29, 0.717) is 5.78 Å². The average molecular weight is 376 g/mol. The van der Waals surface area contributed by atoms with Crippen molar-refractivity contribution in [2.75, 3.05) is 13.1 Å². The van der Waals surface area contributed by atoms with Crippen molar-refractivity contribution < 1.29 is 4.79 Å². The van der Waals surface area contributed by atoms with Gasteiger partial charge in [0, 0.05) is 42.4 Å². The summed E-state index contributed by atoms with van der Waals surface area (Å²) in [5.41, 5.74) is 3.41. The lowest BCUT2D eigenvalue weighted by Gasteiger charge is -2.32. The van der Waals surface area contributed by atoms with Crippen LogP contribution in [0.15, 0.2) is 48.7 Å². The maximum Gasteiger partial charge on any atom is 0.167 e. The van der Waals surface area contributed by atoms with Gasteiger partial charge in [-0.05, 0) is 43.5 Å². The molecule has 0 spiro atoms. The van der Waals surface area contributed by atoms with E-state index in [1.807, 2.05) is 30.5 Å². The maximum atomic E-state index is 13.3. The van der Waals surface area contributed by atoms with E-state index in [-0.39, 0.29) is 5.92 Å². The second kappa shape index (κ2) is 8.27. The first-order valence-electron chi connectivity index (χ1n) is 10.4. The number of nitrogens with zero attached hydrogens (tertiary/aromatic N) is 3. The summed E-state index contributed by atoms with van der Waals surface area (Å²) in [4.78, 5) is 15.8. The largest absolute Gasteiger partial charge is 0.298 e. The first-order valence-corrected chi connectivity index (χ1v) is 10.4. The molecule has 0 bridgehead atoms. The third-order valence-corrected chi connectivity index (χ3v) is 5.97. The smallest absolute Gasteiger partial charge is 0.167 e. The molecular formula is C24H29N3O. The zero-order valence-corrected chi connectivity index (χ0v) is 16.9. The van der Waals surface area contributed by atoms with Crippen molar-refractivity contribution in [3.8, 4) is 0 Å². The normalized spacial score (nSPS) is 17.9. The molecule has 1 fully saturated rings. The summed E-state index contributed by atoms with van der Waals surface area (Å²) in [5.74, 6) is 0.366. The van der Waals surface area contributed by atoms with Crippen LogP contribution in [-0.2, 0) is 13.1 Å². The lowest BCUT2D eigenvalue weighted by Crippen LogP contribution is -2.38. The number of aromatic nitrogens is 2. The van der Waals surface area contributed by atoms with Crippen LogP contribution in [0.4, 0.5) is 0 Å². The molecule has 4 heteroatoms. The molecule has 146 valence electrons. The molecule has 0 radical (unpaired) electrons. The maximum absolute atomic E-state index is 13.3. The molecule has 1 aliphatic rings. The Labute approximate surface area is 167 Å². The van der Waals surface area contributed by atoms with Crippen LogP contribution in [-0.4, -0.2) is 33.6 Å². The number of rotatable bonds is 6. The highest BCUT2D eigenvalue weighted by molar-refractivity contribution is 6.09. The Morgan fingerprint density at radius 3 is 2.86 bits per heavy atom. The summed E-state index contributed by atoms with van der Waals surface area (Å²) in [7, 11) is 0. The molecule has 0 unspecified atom stereocenters. The van der Waals surface area contributed by atoms with Crippen LogP contribution in [0.5, 0.6) is 0 Å². The molecular weight excluding hydrogens is 346 g/mol. The van der Waals surface area contributed by atoms with Gasteiger partial charge in [0.25, 0.3) is 0 Å². The number of Topliss-reactive ketones (excluding diaryl/α,β-unsaturated/α-hetero) is 1. The van der Waals surface area contributed by atoms with E-state index in [2.05, 4.69) is 46.7 Å². The van der Waals surface area contributed by atoms with Crippen molar-refractivity contribution in [3.05, 3.63) is 65.5 Å². The molecule has 1 aliphatic heterocycles. The molecule has 2 aromatic carbocycles. The quantitative estimate of drug-likeness (QED) is 0.578. The van der Waals surface area contributed by atoms with Gasteiger partial charge in [-0.15, -0.1) is 0 Å². The molecule has 4 rings (SSSR count). The van der Waals surface area contributed by atoms with Gasteiger partial charge in [-0.25, -0.2) is 0 Å². The number of hydrogen-bond donors (Lipinski definition) is 0. The molecule has 4 nitrogen and oxygen atoms in total. The monoisotopic (exact) mass is 375 g/mol. The highest BCUT2D eigenvalue weighted by Crippen LogP contribution is 2.27. The molecule has 2 heterocycles. The van der Waals surface area contributed by atoms with Gasteiger partial charge in [0.15, 0.2) is 5.78 Å². The summed E-state index contributed by atoms with van der Waals surface area (Å²) in [6.45, 7) is 8.07. The fraction of sp³-hybridized carbons (Fsp3) is 0.417. The average Bonchev–Trinajstić information content (AvgIpc) is 3.07. The van der Waals surface area contributed by atoms with E-state index < -0.39 is 0 Å². The van der Waals surface area contributed by atoms with Crippen molar-refractivity contribution >= 4 is 16.6 Å². The minimum Gasteiger partial charge on any atom is -0.298 e. The number of carbonyl (C=O) groups is 1. The zero-order chi connectivity index (χ0) is 19.5. The van der Waals surface area contributed by atoms with Crippen LogP contribution in [0.2, 0.25) is 0 Å². The van der Waals surface area contributed by atoms with Gasteiger partial charge in [0.1, 0.15) is 0 Å². The minimum absolute atomic E-state index is 0.0746. The summed E-state index contributed by atoms with van der Waals surface area (Å²) < 4.78 is 2.10. The Kier molecular flexibility index (Phi) is 5.58. The molecule has 0 amide bonds. The molecule has 1 saturated heterocycles. The Morgan fingerprint density at radius 1 is 1.18 bits per heavy atom. The summed E-state index contributed by atoms with van der Waals surface area (Å²) in [6, 6.07) is 14.3. The summed E-state index contributed by atoms with van der Waals surface area (Å²) >= 11 is 0. The third-order valence-electron chi connectivity index (χ3n) is 5.97. The van der Waals surface area contributed by atoms with Gasteiger partial charge in [0.05, 0.1) is 6.20 Å². The van der Waals surface area contributed by atoms with Crippen LogP contribution >= 0.6 is 0 Å². The van der Waals surface area contributed by atoms with Gasteiger partial charge in [0.2, 0.25) is 0 Å². The number of carbonyl (C=O) groups excluding carboxylic acids is 1. The van der Waals surface area contributed by atoms with E-state index in [0.717, 1.165) is 61.8 Å². The van der Waals surface area contributed by atoms with Crippen LogP contribution < -0.4 is 0 Å². The lowest BCUT2D eigenvalue weighted by atomic mass is 9.88. The predicted octanol–water partition coefficient (Wildman–Crippen LogP) is 4.85. The van der Waals surface area contributed by atoms with Gasteiger partial charge in [-0.2, -0.15) is 5.10 Å². The van der Waals surface area contributed by atoms with E-state index in [9.17, 15) is 4.79 Å². The first-order chi connectivity index (χ1) is 13.7. The van der Waals surface area contributed by atoms with Crippen molar-refractivity contribution in [2.45, 2.75) is 46.2 Å². The third kappa shape index (κ3) is 3.74. The van der Waals surface area contributed by atoms with Crippen LogP contribution in [0.25, 0.3) is 10.8 Å². The number of likely N-dealkylation sites (tertiary alicyclic amines) is 1. The standard InChI is InChI=1S/C24H29N3O/c1-3-13-27-18(2)21(15-25-27)17-26-14-7-10-20(16-26)24(28)23-12-6-9-19-8-4-5-11-22(19)23/h4-6,8-9,11-12,15,20H,3,7,10,13-14,16-17H2,1-2H3/t20-/m1/s1. The van der Waals surface area contributed by atoms with E-state index in [1.54, 1.807) is 0 Å². The molecule has 0 saturated carbocycles. The predicted molar refractivity (Wildman–Crippen MR) is 114 cm³/mol. The molecule has 1 aromatic heterocycles. The number of benzene rings is 2. The minimum atomic E-state index is 0.0746. The van der Waals surface area contributed by atoms with Gasteiger partial charge in [-0.3, -0.25) is 14.4 Å². The van der Waals surface area contributed by atoms with E-state index in [4.69, 9.17) is 0 Å². The highest BCUT2D eigenvalue weighted by Gasteiger charge is 2.28. The van der Waals surface area contributed by atoms with Crippen LogP contribution in [0.3, 0.4) is 0 Å². The van der Waals surface area contributed by atoms with E-state index in [1.165, 1.54) is 11.3 Å². The second-order valence-corrected chi connectivity index (χ2v) is 7.94. The zero-order valence-electron chi connectivity index (χ0n) is 16.9. The number of aryl methyl sites for hydroxylation is 1. The Hall–Kier alpha value is -2.46. The molecule has 1 atom stereocenters. The summed E-state index contributed by atoms with van der Waals surface area (Å²) in [6.07, 6.45) is 5.14. The van der Waals surface area contributed by atoms with Crippen LogP contribution in [0.1, 0.15) is 47.8 Å². The van der Waals surface area contributed by atoms with Gasteiger partial charge < -0.3 is 0 Å². The second-order valence-electron chi connectivity index (χ2n) is 7.94. The Bertz CT molecular complexity index is 970. The van der Waals surface area contributed by atoms with Crippen molar-refractivity contribution in [1.82, 2.24) is 14.7 Å².